The van der Waals surface area contributed by atoms with Crippen molar-refractivity contribution in [2.75, 3.05) is 26.3 Å². The van der Waals surface area contributed by atoms with Crippen LogP contribution in [-0.2, 0) is 14.3 Å². The fraction of sp³-hybridized carbons (Fsp3) is 0.269. The smallest absolute Gasteiger partial charge is 0.349 e. The van der Waals surface area contributed by atoms with Gasteiger partial charge in [0, 0.05) is 30.2 Å². The number of nitriles is 1. The van der Waals surface area contributed by atoms with Gasteiger partial charge in [-0.2, -0.15) is 5.26 Å². The van der Waals surface area contributed by atoms with E-state index in [1.807, 2.05) is 61.7 Å². The number of amides is 1. The third-order valence-electron chi connectivity index (χ3n) is 4.89. The Labute approximate surface area is 194 Å². The first-order valence-electron chi connectivity index (χ1n) is 10.6. The van der Waals surface area contributed by atoms with Gasteiger partial charge in [-0.05, 0) is 62.7 Å². The summed E-state index contributed by atoms with van der Waals surface area (Å²) >= 11 is 0. The molecule has 0 saturated heterocycles. The van der Waals surface area contributed by atoms with Crippen LogP contribution in [0.4, 0.5) is 0 Å². The van der Waals surface area contributed by atoms with E-state index in [4.69, 9.17) is 9.47 Å². The van der Waals surface area contributed by atoms with Gasteiger partial charge >= 0.3 is 5.97 Å². The Bertz CT molecular complexity index is 1080. The average Bonchev–Trinajstić information content (AvgIpc) is 3.08. The summed E-state index contributed by atoms with van der Waals surface area (Å²) in [6, 6.07) is 11.4. The van der Waals surface area contributed by atoms with E-state index in [2.05, 4.69) is 13.2 Å². The Balaban J connectivity index is 2.20. The molecule has 0 unspecified atom stereocenters. The van der Waals surface area contributed by atoms with Crippen LogP contribution in [-0.4, -0.2) is 47.6 Å². The van der Waals surface area contributed by atoms with Gasteiger partial charge in [-0.1, -0.05) is 12.2 Å². The number of carbonyl (C=O) groups is 2. The zero-order chi connectivity index (χ0) is 24.4. The molecule has 1 amide bonds. The van der Waals surface area contributed by atoms with Gasteiger partial charge in [-0.3, -0.25) is 4.79 Å². The molecule has 0 radical (unpaired) electrons. The van der Waals surface area contributed by atoms with E-state index in [1.54, 1.807) is 12.2 Å². The van der Waals surface area contributed by atoms with Crippen LogP contribution in [0.2, 0.25) is 0 Å². The molecule has 0 bridgehead atoms. The van der Waals surface area contributed by atoms with Gasteiger partial charge in [0.05, 0.1) is 6.61 Å². The summed E-state index contributed by atoms with van der Waals surface area (Å²) in [5.41, 5.74) is 3.25. The van der Waals surface area contributed by atoms with Crippen molar-refractivity contribution >= 4 is 18.0 Å². The molecule has 0 spiro atoms. The summed E-state index contributed by atoms with van der Waals surface area (Å²) < 4.78 is 12.6. The van der Waals surface area contributed by atoms with Gasteiger partial charge in [0.2, 0.25) is 0 Å². The molecule has 33 heavy (non-hydrogen) atoms. The highest BCUT2D eigenvalue weighted by Gasteiger charge is 2.18. The molecule has 2 rings (SSSR count). The minimum absolute atomic E-state index is 0.186. The molecule has 0 saturated carbocycles. The first-order chi connectivity index (χ1) is 15.9. The van der Waals surface area contributed by atoms with Gasteiger partial charge < -0.3 is 18.9 Å². The minimum atomic E-state index is -0.853. The second kappa shape index (κ2) is 12.1. The molecule has 0 atom stereocenters. The lowest BCUT2D eigenvalue weighted by molar-refractivity contribution is -0.148. The predicted octanol–water partition coefficient (Wildman–Crippen LogP) is 4.14. The molecule has 0 aliphatic carbocycles. The van der Waals surface area contributed by atoms with Crippen molar-refractivity contribution in [1.82, 2.24) is 9.47 Å². The zero-order valence-corrected chi connectivity index (χ0v) is 19.3. The highest BCUT2D eigenvalue weighted by Crippen LogP contribution is 2.24. The van der Waals surface area contributed by atoms with Crippen molar-refractivity contribution in [3.8, 4) is 17.5 Å². The van der Waals surface area contributed by atoms with Crippen molar-refractivity contribution < 1.29 is 19.1 Å². The first-order valence-corrected chi connectivity index (χ1v) is 10.6. The fourth-order valence-electron chi connectivity index (χ4n) is 3.37. The van der Waals surface area contributed by atoms with Crippen LogP contribution in [0.3, 0.4) is 0 Å². The van der Waals surface area contributed by atoms with Gasteiger partial charge in [0.15, 0.2) is 6.61 Å². The largest absolute Gasteiger partial charge is 0.494 e. The van der Waals surface area contributed by atoms with E-state index >= 15 is 0 Å². The molecule has 7 heteroatoms. The molecule has 172 valence electrons. The second-order valence-corrected chi connectivity index (χ2v) is 7.21. The maximum Gasteiger partial charge on any atom is 0.349 e. The van der Waals surface area contributed by atoms with E-state index in [-0.39, 0.29) is 5.57 Å². The fourth-order valence-corrected chi connectivity index (χ4v) is 3.37. The number of carbonyl (C=O) groups excluding carboxylic acids is 2. The van der Waals surface area contributed by atoms with E-state index in [1.165, 1.54) is 11.0 Å². The molecule has 0 N–H and O–H groups in total. The SMILES string of the molecule is C=CCN(CC=C)C(=O)COC(=O)/C(C#N)=C/c1cc(C)n(-c2ccc(OCC)cc2)c1C. The molecule has 1 aromatic heterocycles. The Hall–Kier alpha value is -4.05. The zero-order valence-electron chi connectivity index (χ0n) is 19.3. The minimum Gasteiger partial charge on any atom is -0.494 e. The number of esters is 1. The summed E-state index contributed by atoms with van der Waals surface area (Å²) in [4.78, 5) is 26.1. The molecule has 0 fully saturated rings. The molecule has 2 aromatic rings. The molecule has 1 heterocycles. The number of benzene rings is 1. The first kappa shape index (κ1) is 25.2. The molecular formula is C26H29N3O4. The van der Waals surface area contributed by atoms with Crippen LogP contribution in [0, 0.1) is 25.2 Å². The highest BCUT2D eigenvalue weighted by atomic mass is 16.5. The molecule has 0 aliphatic heterocycles. The number of nitrogens with zero attached hydrogens (tertiary/aromatic N) is 3. The summed E-state index contributed by atoms with van der Waals surface area (Å²) in [5, 5.41) is 9.50. The van der Waals surface area contributed by atoms with E-state index < -0.39 is 18.5 Å². The van der Waals surface area contributed by atoms with Crippen LogP contribution < -0.4 is 4.74 Å². The highest BCUT2D eigenvalue weighted by molar-refractivity contribution is 5.99. The van der Waals surface area contributed by atoms with Crippen LogP contribution in [0.5, 0.6) is 5.75 Å². The normalized spacial score (nSPS) is 10.8. The number of rotatable bonds is 11. The lowest BCUT2D eigenvalue weighted by Crippen LogP contribution is -2.35. The number of aryl methyl sites for hydroxylation is 1. The Kier molecular flexibility index (Phi) is 9.25. The van der Waals surface area contributed by atoms with Crippen LogP contribution in [0.15, 0.2) is 61.2 Å². The van der Waals surface area contributed by atoms with Gasteiger partial charge in [-0.25, -0.2) is 4.79 Å². The third-order valence-corrected chi connectivity index (χ3v) is 4.89. The monoisotopic (exact) mass is 447 g/mol. The quantitative estimate of drug-likeness (QED) is 0.224. The van der Waals surface area contributed by atoms with Crippen LogP contribution in [0.25, 0.3) is 11.8 Å². The number of hydrogen-bond donors (Lipinski definition) is 0. The van der Waals surface area contributed by atoms with Gasteiger partial charge in [0.1, 0.15) is 17.4 Å². The second-order valence-electron chi connectivity index (χ2n) is 7.21. The Morgan fingerprint density at radius 3 is 2.33 bits per heavy atom. The number of aromatic nitrogens is 1. The third kappa shape index (κ3) is 6.47. The summed E-state index contributed by atoms with van der Waals surface area (Å²) in [5.74, 6) is -0.462. The van der Waals surface area contributed by atoms with Crippen molar-refractivity contribution in [3.63, 3.8) is 0 Å². The molecule has 7 nitrogen and oxygen atoms in total. The van der Waals surface area contributed by atoms with Crippen molar-refractivity contribution in [2.45, 2.75) is 20.8 Å². The molecular weight excluding hydrogens is 418 g/mol. The van der Waals surface area contributed by atoms with Crippen molar-refractivity contribution in [2.24, 2.45) is 0 Å². The molecule has 0 aliphatic rings. The Morgan fingerprint density at radius 1 is 1.15 bits per heavy atom. The van der Waals surface area contributed by atoms with Gasteiger partial charge in [0.25, 0.3) is 5.91 Å². The van der Waals surface area contributed by atoms with Crippen molar-refractivity contribution in [3.05, 3.63) is 78.2 Å². The predicted molar refractivity (Wildman–Crippen MR) is 128 cm³/mol. The topological polar surface area (TPSA) is 84.6 Å². The average molecular weight is 448 g/mol. The lowest BCUT2D eigenvalue weighted by Gasteiger charge is -2.18. The van der Waals surface area contributed by atoms with Crippen LogP contribution >= 0.6 is 0 Å². The van der Waals surface area contributed by atoms with E-state index in [0.29, 0.717) is 25.3 Å². The lowest BCUT2D eigenvalue weighted by atomic mass is 10.1. The molecule has 1 aromatic carbocycles. The number of ether oxygens (including phenoxy) is 2. The standard InChI is InChI=1S/C26H29N3O4/c1-6-13-28(14-7-2)25(30)18-33-26(31)22(17-27)16-21-15-19(4)29(20(21)5)23-9-11-24(12-10-23)32-8-3/h6-7,9-12,15-16H,1-2,8,13-14,18H2,3-5H3/b22-16+. The van der Waals surface area contributed by atoms with Crippen molar-refractivity contribution in [1.29, 1.82) is 5.26 Å². The summed E-state index contributed by atoms with van der Waals surface area (Å²) in [6.45, 7) is 13.7. The van der Waals surface area contributed by atoms with Gasteiger partial charge in [-0.15, -0.1) is 13.2 Å². The summed E-state index contributed by atoms with van der Waals surface area (Å²) in [7, 11) is 0. The Morgan fingerprint density at radius 2 is 1.79 bits per heavy atom. The maximum atomic E-state index is 12.4. The maximum absolute atomic E-state index is 12.4. The van der Waals surface area contributed by atoms with E-state index in [0.717, 1.165) is 22.8 Å². The van der Waals surface area contributed by atoms with Crippen LogP contribution in [0.1, 0.15) is 23.9 Å². The van der Waals surface area contributed by atoms with E-state index in [9.17, 15) is 14.9 Å². The summed E-state index contributed by atoms with van der Waals surface area (Å²) in [6.07, 6.45) is 4.62. The number of hydrogen-bond acceptors (Lipinski definition) is 5.